The molecule has 0 aliphatic carbocycles. The van der Waals surface area contributed by atoms with Crippen LogP contribution in [0.3, 0.4) is 0 Å². The largest absolute Gasteiger partial charge is 0.390 e. The molecule has 11 heteroatoms. The van der Waals surface area contributed by atoms with E-state index in [1.54, 1.807) is 4.90 Å². The molecule has 0 radical (unpaired) electrons. The lowest BCUT2D eigenvalue weighted by atomic mass is 9.99. The van der Waals surface area contributed by atoms with E-state index in [9.17, 15) is 31.9 Å². The Labute approximate surface area is 264 Å². The maximum atomic E-state index is 14.0. The Morgan fingerprint density at radius 1 is 0.867 bits per heavy atom. The first-order valence-corrected chi connectivity index (χ1v) is 17.1. The molecule has 0 aromatic heterocycles. The molecular weight excluding hydrogens is 600 g/mol. The van der Waals surface area contributed by atoms with E-state index < -0.39 is 45.4 Å². The van der Waals surface area contributed by atoms with Crippen LogP contribution in [0, 0.1) is 11.6 Å². The highest BCUT2D eigenvalue weighted by molar-refractivity contribution is 7.90. The summed E-state index contributed by atoms with van der Waals surface area (Å²) in [6.07, 6.45) is 1.94. The standard InChI is InChI=1S/C34H43F2N3O5S/c1-5-11-39(12-6-2)34(42)27-17-26(18-30(19-27)45(4,43)44)33(41)38-31(16-25-14-28(35)20-29(36)15-25)32(40)22-37-21-24-10-8-9-23(7-3)13-24/h8-10,13-15,17-20,31-32,37,40H,5-7,11-12,16,21-22H2,1-4H3,(H,38,41)/t31-,32+/m0/s1. The Morgan fingerprint density at radius 2 is 1.49 bits per heavy atom. The number of nitrogens with one attached hydrogen (secondary N) is 2. The Hall–Kier alpha value is -3.67. The molecule has 0 unspecified atom stereocenters. The highest BCUT2D eigenvalue weighted by Crippen LogP contribution is 2.19. The zero-order chi connectivity index (χ0) is 33.1. The third-order valence-electron chi connectivity index (χ3n) is 7.36. The molecular formula is C34H43F2N3O5S. The van der Waals surface area contributed by atoms with E-state index in [-0.39, 0.29) is 34.6 Å². The summed E-state index contributed by atoms with van der Waals surface area (Å²) >= 11 is 0. The lowest BCUT2D eigenvalue weighted by molar-refractivity contribution is 0.0755. The smallest absolute Gasteiger partial charge is 0.253 e. The van der Waals surface area contributed by atoms with Crippen molar-refractivity contribution in [3.05, 3.63) is 100 Å². The topological polar surface area (TPSA) is 116 Å². The van der Waals surface area contributed by atoms with Crippen molar-refractivity contribution in [1.82, 2.24) is 15.5 Å². The van der Waals surface area contributed by atoms with Crippen molar-refractivity contribution in [2.75, 3.05) is 25.9 Å². The second-order valence-electron chi connectivity index (χ2n) is 11.2. The molecule has 0 saturated heterocycles. The predicted molar refractivity (Wildman–Crippen MR) is 171 cm³/mol. The molecule has 8 nitrogen and oxygen atoms in total. The number of halogens is 2. The minimum atomic E-state index is -3.80. The van der Waals surface area contributed by atoms with Crippen molar-refractivity contribution in [3.8, 4) is 0 Å². The first-order valence-electron chi connectivity index (χ1n) is 15.2. The number of aliphatic hydroxyl groups is 1. The minimum Gasteiger partial charge on any atom is -0.390 e. The highest BCUT2D eigenvalue weighted by atomic mass is 32.2. The van der Waals surface area contributed by atoms with Gasteiger partial charge in [0.05, 0.1) is 17.0 Å². The SMILES string of the molecule is CCCN(CCC)C(=O)c1cc(C(=O)N[C@@H](Cc2cc(F)cc(F)c2)[C@H](O)CNCc2cccc(CC)c2)cc(S(C)(=O)=O)c1. The van der Waals surface area contributed by atoms with Crippen LogP contribution in [0.15, 0.2) is 65.6 Å². The van der Waals surface area contributed by atoms with E-state index in [4.69, 9.17) is 0 Å². The van der Waals surface area contributed by atoms with Crippen LogP contribution in [0.25, 0.3) is 0 Å². The molecule has 0 aliphatic rings. The van der Waals surface area contributed by atoms with Gasteiger partial charge in [-0.3, -0.25) is 9.59 Å². The summed E-state index contributed by atoms with van der Waals surface area (Å²) in [7, 11) is -3.80. The summed E-state index contributed by atoms with van der Waals surface area (Å²) in [4.78, 5) is 28.4. The molecule has 244 valence electrons. The highest BCUT2D eigenvalue weighted by Gasteiger charge is 2.25. The molecule has 3 aromatic carbocycles. The second-order valence-corrected chi connectivity index (χ2v) is 13.3. The number of amides is 2. The maximum absolute atomic E-state index is 14.0. The van der Waals surface area contributed by atoms with Gasteiger partial charge in [-0.15, -0.1) is 0 Å². The van der Waals surface area contributed by atoms with Gasteiger partial charge < -0.3 is 20.6 Å². The van der Waals surface area contributed by atoms with Gasteiger partial charge >= 0.3 is 0 Å². The van der Waals surface area contributed by atoms with Crippen LogP contribution in [-0.4, -0.2) is 68.3 Å². The Morgan fingerprint density at radius 3 is 2.09 bits per heavy atom. The van der Waals surface area contributed by atoms with E-state index >= 15 is 0 Å². The van der Waals surface area contributed by atoms with Gasteiger partial charge in [-0.05, 0) is 72.7 Å². The fraction of sp³-hybridized carbons (Fsp3) is 0.412. The summed E-state index contributed by atoms with van der Waals surface area (Å²) in [6.45, 7) is 7.31. The van der Waals surface area contributed by atoms with E-state index in [0.717, 1.165) is 42.0 Å². The maximum Gasteiger partial charge on any atom is 0.253 e. The molecule has 2 amide bonds. The number of rotatable bonds is 16. The number of sulfone groups is 1. The fourth-order valence-corrected chi connectivity index (χ4v) is 5.77. The first kappa shape index (κ1) is 35.8. The van der Waals surface area contributed by atoms with Gasteiger partial charge in [0.25, 0.3) is 11.8 Å². The van der Waals surface area contributed by atoms with Crippen molar-refractivity contribution in [2.45, 2.75) is 70.0 Å². The van der Waals surface area contributed by atoms with Gasteiger partial charge in [-0.2, -0.15) is 0 Å². The molecule has 3 N–H and O–H groups in total. The molecule has 45 heavy (non-hydrogen) atoms. The van der Waals surface area contributed by atoms with Crippen LogP contribution in [0.1, 0.15) is 71.0 Å². The lowest BCUT2D eigenvalue weighted by Gasteiger charge is -2.25. The predicted octanol–water partition coefficient (Wildman–Crippen LogP) is 4.68. The molecule has 3 rings (SSSR count). The molecule has 2 atom stereocenters. The van der Waals surface area contributed by atoms with Crippen LogP contribution in [0.2, 0.25) is 0 Å². The number of carbonyl (C=O) groups is 2. The molecule has 0 bridgehead atoms. The average molecular weight is 644 g/mol. The number of hydrogen-bond donors (Lipinski definition) is 3. The van der Waals surface area contributed by atoms with Crippen LogP contribution in [-0.2, 0) is 29.2 Å². The molecule has 0 aliphatic heterocycles. The lowest BCUT2D eigenvalue weighted by Crippen LogP contribution is -2.48. The number of benzene rings is 3. The zero-order valence-electron chi connectivity index (χ0n) is 26.3. The molecule has 0 heterocycles. The van der Waals surface area contributed by atoms with Gasteiger partial charge in [0.15, 0.2) is 9.84 Å². The van der Waals surface area contributed by atoms with E-state index in [1.807, 2.05) is 38.1 Å². The summed E-state index contributed by atoms with van der Waals surface area (Å²) in [5.74, 6) is -2.75. The Kier molecular flexibility index (Phi) is 13.2. The number of aryl methyl sites for hydroxylation is 1. The normalized spacial score (nSPS) is 12.9. The van der Waals surface area contributed by atoms with E-state index in [2.05, 4.69) is 17.6 Å². The van der Waals surface area contributed by atoms with Gasteiger partial charge in [-0.1, -0.05) is 45.0 Å². The zero-order valence-corrected chi connectivity index (χ0v) is 27.1. The average Bonchev–Trinajstić information content (AvgIpc) is 2.99. The van der Waals surface area contributed by atoms with Crippen LogP contribution < -0.4 is 10.6 Å². The van der Waals surface area contributed by atoms with Crippen LogP contribution in [0.5, 0.6) is 0 Å². The van der Waals surface area contributed by atoms with Crippen molar-refractivity contribution < 1.29 is 31.9 Å². The number of nitrogens with zero attached hydrogens (tertiary/aromatic N) is 1. The van der Waals surface area contributed by atoms with Gasteiger partial charge in [0.1, 0.15) is 11.6 Å². The summed E-state index contributed by atoms with van der Waals surface area (Å²) in [5, 5.41) is 17.1. The third kappa shape index (κ3) is 10.7. The van der Waals surface area contributed by atoms with Crippen LogP contribution in [0.4, 0.5) is 8.78 Å². The summed E-state index contributed by atoms with van der Waals surface area (Å²) in [5.41, 5.74) is 2.33. The van der Waals surface area contributed by atoms with E-state index in [0.29, 0.717) is 32.5 Å². The van der Waals surface area contributed by atoms with Crippen molar-refractivity contribution in [1.29, 1.82) is 0 Å². The van der Waals surface area contributed by atoms with Crippen LogP contribution >= 0.6 is 0 Å². The van der Waals surface area contributed by atoms with Crippen molar-refractivity contribution in [2.24, 2.45) is 0 Å². The molecule has 0 saturated carbocycles. The van der Waals surface area contributed by atoms with Gasteiger partial charge in [0, 0.05) is 49.6 Å². The van der Waals surface area contributed by atoms with Crippen molar-refractivity contribution >= 4 is 21.7 Å². The van der Waals surface area contributed by atoms with Gasteiger partial charge in [-0.25, -0.2) is 17.2 Å². The van der Waals surface area contributed by atoms with Crippen molar-refractivity contribution in [3.63, 3.8) is 0 Å². The number of hydrogen-bond acceptors (Lipinski definition) is 6. The molecule has 0 fully saturated rings. The number of aliphatic hydroxyl groups excluding tert-OH is 1. The third-order valence-corrected chi connectivity index (χ3v) is 8.45. The fourth-order valence-electron chi connectivity index (χ4n) is 5.09. The summed E-state index contributed by atoms with van der Waals surface area (Å²) < 4.78 is 53.1. The quantitative estimate of drug-likeness (QED) is 0.209. The van der Waals surface area contributed by atoms with E-state index in [1.165, 1.54) is 18.2 Å². The second kappa shape index (κ2) is 16.6. The van der Waals surface area contributed by atoms with Gasteiger partial charge in [0.2, 0.25) is 0 Å². The monoisotopic (exact) mass is 643 g/mol. The Bertz CT molecular complexity index is 1560. The summed E-state index contributed by atoms with van der Waals surface area (Å²) in [6, 6.07) is 13.7. The Balaban J connectivity index is 1.91. The minimum absolute atomic E-state index is 0.0369. The molecule has 0 spiro atoms. The number of carbonyl (C=O) groups excluding carboxylic acids is 2. The first-order chi connectivity index (χ1) is 21.3. The molecule has 3 aromatic rings.